The Morgan fingerprint density at radius 1 is 1.14 bits per heavy atom. The Balaban J connectivity index is 1.34. The second kappa shape index (κ2) is 9.29. The predicted molar refractivity (Wildman–Crippen MR) is 135 cm³/mol. The van der Waals surface area contributed by atoms with Crippen molar-refractivity contribution in [3.05, 3.63) is 63.6 Å². The van der Waals surface area contributed by atoms with E-state index in [1.54, 1.807) is 0 Å². The first-order valence-corrected chi connectivity index (χ1v) is 12.8. The maximum atomic E-state index is 13.5. The van der Waals surface area contributed by atoms with E-state index in [4.69, 9.17) is 9.47 Å². The molecule has 0 radical (unpaired) electrons. The fraction of sp³-hybridized carbons (Fsp3) is 0.385. The van der Waals surface area contributed by atoms with E-state index in [1.165, 1.54) is 0 Å². The Hall–Kier alpha value is -2.88. The average Bonchev–Trinajstić information content (AvgIpc) is 3.69. The number of rotatable bonds is 5. The Kier molecular flexibility index (Phi) is 5.99. The number of nitrogens with zero attached hydrogens (tertiary/aromatic N) is 2. The summed E-state index contributed by atoms with van der Waals surface area (Å²) in [5, 5.41) is 6.07. The number of urea groups is 1. The van der Waals surface area contributed by atoms with Gasteiger partial charge in [0.25, 0.3) is 0 Å². The summed E-state index contributed by atoms with van der Waals surface area (Å²) in [4.78, 5) is 30.2. The minimum Gasteiger partial charge on any atom is -0.489 e. The van der Waals surface area contributed by atoms with Crippen LogP contribution >= 0.6 is 15.9 Å². The Morgan fingerprint density at radius 3 is 2.71 bits per heavy atom. The minimum absolute atomic E-state index is 0.0379. The van der Waals surface area contributed by atoms with Gasteiger partial charge in [0.05, 0.1) is 54.3 Å². The lowest BCUT2D eigenvalue weighted by Gasteiger charge is -2.40. The van der Waals surface area contributed by atoms with Crippen molar-refractivity contribution < 1.29 is 19.1 Å². The third-order valence-corrected chi connectivity index (χ3v) is 7.47. The number of morpholine rings is 1. The number of carbonyl (C=O) groups excluding carboxylic acids is 2. The van der Waals surface area contributed by atoms with Crippen LogP contribution in [-0.4, -0.2) is 62.3 Å². The molecular formula is C26H27BrN4O4. The zero-order valence-corrected chi connectivity index (χ0v) is 20.8. The number of amides is 3. The third-order valence-electron chi connectivity index (χ3n) is 6.85. The number of halogens is 1. The van der Waals surface area contributed by atoms with Crippen LogP contribution < -0.4 is 20.3 Å². The number of anilines is 1. The van der Waals surface area contributed by atoms with Crippen molar-refractivity contribution >= 4 is 39.3 Å². The van der Waals surface area contributed by atoms with Crippen molar-refractivity contribution in [3.63, 3.8) is 0 Å². The van der Waals surface area contributed by atoms with Crippen LogP contribution in [0.4, 0.5) is 10.5 Å². The molecule has 1 saturated heterocycles. The van der Waals surface area contributed by atoms with Crippen molar-refractivity contribution in [2.24, 2.45) is 0 Å². The molecule has 8 nitrogen and oxygen atoms in total. The summed E-state index contributed by atoms with van der Waals surface area (Å²) in [6.45, 7) is 3.52. The van der Waals surface area contributed by atoms with E-state index in [0.29, 0.717) is 32.4 Å². The molecule has 9 heteroatoms. The van der Waals surface area contributed by atoms with E-state index in [1.807, 2.05) is 47.4 Å². The van der Waals surface area contributed by atoms with Gasteiger partial charge in [-0.1, -0.05) is 24.3 Å². The summed E-state index contributed by atoms with van der Waals surface area (Å²) in [6.07, 6.45) is 2.47. The molecule has 35 heavy (non-hydrogen) atoms. The molecule has 182 valence electrons. The fourth-order valence-electron chi connectivity index (χ4n) is 4.88. The van der Waals surface area contributed by atoms with Crippen molar-refractivity contribution in [3.8, 4) is 5.75 Å². The Labute approximate surface area is 212 Å². The lowest BCUT2D eigenvalue weighted by Crippen LogP contribution is -2.51. The van der Waals surface area contributed by atoms with Gasteiger partial charge in [0, 0.05) is 24.2 Å². The molecule has 1 unspecified atom stereocenters. The Bertz CT molecular complexity index is 1210. The van der Waals surface area contributed by atoms with Gasteiger partial charge in [-0.3, -0.25) is 9.69 Å². The maximum Gasteiger partial charge on any atom is 0.320 e. The Morgan fingerprint density at radius 2 is 1.94 bits per heavy atom. The highest BCUT2D eigenvalue weighted by Crippen LogP contribution is 2.41. The van der Waals surface area contributed by atoms with Crippen LogP contribution in [0.3, 0.4) is 0 Å². The highest BCUT2D eigenvalue weighted by Gasteiger charge is 2.37. The lowest BCUT2D eigenvalue weighted by atomic mass is 9.88. The molecule has 4 aliphatic rings. The number of carbonyl (C=O) groups is 2. The van der Waals surface area contributed by atoms with E-state index < -0.39 is 0 Å². The van der Waals surface area contributed by atoms with E-state index in [0.717, 1.165) is 64.2 Å². The maximum absolute atomic E-state index is 13.5. The molecular weight excluding hydrogens is 512 g/mol. The summed E-state index contributed by atoms with van der Waals surface area (Å²) in [6, 6.07) is 13.1. The number of para-hydroxylation sites is 1. The van der Waals surface area contributed by atoms with Gasteiger partial charge in [-0.05, 0) is 52.5 Å². The fourth-order valence-corrected chi connectivity index (χ4v) is 5.37. The van der Waals surface area contributed by atoms with Crippen molar-refractivity contribution in [1.82, 2.24) is 15.5 Å². The smallest absolute Gasteiger partial charge is 0.320 e. The number of fused-ring (bicyclic) bond motifs is 2. The number of hydrogen-bond donors (Lipinski definition) is 2. The van der Waals surface area contributed by atoms with E-state index in [2.05, 4.69) is 31.5 Å². The third kappa shape index (κ3) is 4.55. The number of hydrogen-bond acceptors (Lipinski definition) is 5. The number of ether oxygens (including phenoxy) is 2. The first-order valence-electron chi connectivity index (χ1n) is 12.0. The zero-order valence-electron chi connectivity index (χ0n) is 19.3. The summed E-state index contributed by atoms with van der Waals surface area (Å²) in [7, 11) is 0. The molecule has 2 fully saturated rings. The van der Waals surface area contributed by atoms with Gasteiger partial charge >= 0.3 is 6.03 Å². The van der Waals surface area contributed by atoms with Gasteiger partial charge in [-0.15, -0.1) is 0 Å². The monoisotopic (exact) mass is 538 g/mol. The SMILES string of the molecule is O=C1NC2=C(CN(C(=O)CN3CCOCC3)c3ccccc32)C(c2ccc(OC3CC3)c(Br)c2)N1. The predicted octanol–water partition coefficient (Wildman–Crippen LogP) is 3.43. The number of nitrogens with one attached hydrogen (secondary N) is 2. The second-order valence-corrected chi connectivity index (χ2v) is 10.2. The van der Waals surface area contributed by atoms with Gasteiger partial charge < -0.3 is 25.0 Å². The molecule has 2 aromatic carbocycles. The van der Waals surface area contributed by atoms with Crippen LogP contribution in [0.1, 0.15) is 30.0 Å². The van der Waals surface area contributed by atoms with Crippen LogP contribution in [0.2, 0.25) is 0 Å². The lowest BCUT2D eigenvalue weighted by molar-refractivity contribution is -0.120. The van der Waals surface area contributed by atoms with Crippen LogP contribution in [0.25, 0.3) is 5.70 Å². The molecule has 3 aliphatic heterocycles. The summed E-state index contributed by atoms with van der Waals surface area (Å²) in [5.41, 5.74) is 4.35. The van der Waals surface area contributed by atoms with Crippen LogP contribution in [0.15, 0.2) is 52.5 Å². The summed E-state index contributed by atoms with van der Waals surface area (Å²) < 4.78 is 12.3. The van der Waals surface area contributed by atoms with Crippen molar-refractivity contribution in [2.75, 3.05) is 44.3 Å². The topological polar surface area (TPSA) is 83.1 Å². The standard InChI is InChI=1S/C26H27BrN4O4/c27-20-13-16(5-8-22(20)35-17-6-7-17)24-19-14-31(23(32)15-30-9-11-34-12-10-30)21-4-2-1-3-18(21)25(19)29-26(33)28-24/h1-5,8,13,17,24H,6-7,9-12,14-15H2,(H2,28,29,33). The van der Waals surface area contributed by atoms with Crippen LogP contribution in [0, 0.1) is 0 Å². The molecule has 6 rings (SSSR count). The van der Waals surface area contributed by atoms with E-state index in [9.17, 15) is 9.59 Å². The second-order valence-electron chi connectivity index (χ2n) is 9.32. The van der Waals surface area contributed by atoms with E-state index in [-0.39, 0.29) is 18.0 Å². The van der Waals surface area contributed by atoms with Gasteiger partial charge in [0.15, 0.2) is 0 Å². The highest BCUT2D eigenvalue weighted by molar-refractivity contribution is 9.10. The first-order chi connectivity index (χ1) is 17.1. The molecule has 0 spiro atoms. The van der Waals surface area contributed by atoms with Gasteiger partial charge in [0.2, 0.25) is 5.91 Å². The van der Waals surface area contributed by atoms with Crippen LogP contribution in [0.5, 0.6) is 5.75 Å². The summed E-state index contributed by atoms with van der Waals surface area (Å²) in [5.74, 6) is 0.845. The largest absolute Gasteiger partial charge is 0.489 e. The van der Waals surface area contributed by atoms with Crippen LogP contribution in [-0.2, 0) is 9.53 Å². The molecule has 0 aromatic heterocycles. The van der Waals surface area contributed by atoms with E-state index >= 15 is 0 Å². The molecule has 1 saturated carbocycles. The van der Waals surface area contributed by atoms with Crippen molar-refractivity contribution in [2.45, 2.75) is 25.0 Å². The normalized spacial score (nSPS) is 22.1. The van der Waals surface area contributed by atoms with Gasteiger partial charge in [-0.25, -0.2) is 4.79 Å². The summed E-state index contributed by atoms with van der Waals surface area (Å²) >= 11 is 3.64. The van der Waals surface area contributed by atoms with Crippen molar-refractivity contribution in [1.29, 1.82) is 0 Å². The quantitative estimate of drug-likeness (QED) is 0.609. The van der Waals surface area contributed by atoms with Gasteiger partial charge in [0.1, 0.15) is 5.75 Å². The zero-order chi connectivity index (χ0) is 23.9. The molecule has 1 aliphatic carbocycles. The molecule has 2 aromatic rings. The van der Waals surface area contributed by atoms with Gasteiger partial charge in [-0.2, -0.15) is 0 Å². The minimum atomic E-state index is -0.364. The molecule has 3 heterocycles. The molecule has 3 amide bonds. The average molecular weight is 539 g/mol. The number of benzene rings is 2. The molecule has 2 N–H and O–H groups in total. The molecule has 0 bridgehead atoms. The first kappa shape index (κ1) is 22.6. The molecule has 1 atom stereocenters. The highest BCUT2D eigenvalue weighted by atomic mass is 79.9.